The third kappa shape index (κ3) is 3.44. The molecular weight excluding hydrogens is 168 g/mol. The van der Waals surface area contributed by atoms with E-state index in [0.717, 1.165) is 5.75 Å². The summed E-state index contributed by atoms with van der Waals surface area (Å²) in [6.45, 7) is 0.0351. The maximum atomic E-state index is 10.5. The van der Waals surface area contributed by atoms with Gasteiger partial charge in [0.25, 0.3) is 0 Å². The highest BCUT2D eigenvalue weighted by molar-refractivity contribution is 5.20. The monoisotopic (exact) mass is 181 g/mol. The van der Waals surface area contributed by atoms with Gasteiger partial charge in [-0.05, 0) is 12.1 Å². The quantitative estimate of drug-likeness (QED) is 0.690. The van der Waals surface area contributed by atoms with Crippen LogP contribution in [0, 0.1) is 0 Å². The zero-order chi connectivity index (χ0) is 9.52. The van der Waals surface area contributed by atoms with Gasteiger partial charge >= 0.3 is 0 Å². The van der Waals surface area contributed by atoms with Crippen LogP contribution in [0.25, 0.3) is 0 Å². The first-order valence-electron chi connectivity index (χ1n) is 4.15. The second-order valence-corrected chi connectivity index (χ2v) is 2.65. The van der Waals surface area contributed by atoms with E-state index in [-0.39, 0.29) is 12.7 Å². The van der Waals surface area contributed by atoms with Crippen molar-refractivity contribution in [3.8, 4) is 5.75 Å². The maximum absolute atomic E-state index is 10.5. The Kier molecular flexibility index (Phi) is 4.29. The zero-order valence-electron chi connectivity index (χ0n) is 7.60. The molecule has 0 aliphatic rings. The molecular formula is C10H13O3. The van der Waals surface area contributed by atoms with Crippen molar-refractivity contribution in [2.24, 2.45) is 0 Å². The van der Waals surface area contributed by atoms with E-state index in [1.807, 2.05) is 30.3 Å². The Hall–Kier alpha value is -1.06. The highest BCUT2D eigenvalue weighted by atomic mass is 16.5. The molecule has 0 fully saturated rings. The Morgan fingerprint density at radius 3 is 2.54 bits per heavy atom. The second-order valence-electron chi connectivity index (χ2n) is 2.65. The van der Waals surface area contributed by atoms with Gasteiger partial charge in [0.15, 0.2) is 0 Å². The van der Waals surface area contributed by atoms with Gasteiger partial charge in [-0.1, -0.05) is 18.2 Å². The average molecular weight is 181 g/mol. The SMILES string of the molecule is COC(C[O])COc1ccccc1. The topological polar surface area (TPSA) is 38.4 Å². The van der Waals surface area contributed by atoms with Crippen LogP contribution in [0.2, 0.25) is 0 Å². The molecule has 0 heterocycles. The third-order valence-corrected chi connectivity index (χ3v) is 1.70. The van der Waals surface area contributed by atoms with E-state index in [0.29, 0.717) is 6.61 Å². The summed E-state index contributed by atoms with van der Waals surface area (Å²) >= 11 is 0. The molecule has 0 saturated carbocycles. The standard InChI is InChI=1S/C10H13O3/c1-12-10(7-11)8-13-9-5-3-2-4-6-9/h2-6,10H,7-8H2,1H3. The van der Waals surface area contributed by atoms with Crippen LogP contribution >= 0.6 is 0 Å². The summed E-state index contributed by atoms with van der Waals surface area (Å²) in [5.41, 5.74) is 0. The lowest BCUT2D eigenvalue weighted by atomic mass is 10.3. The van der Waals surface area contributed by atoms with Crippen molar-refractivity contribution in [3.63, 3.8) is 0 Å². The summed E-state index contributed by atoms with van der Waals surface area (Å²) in [5.74, 6) is 0.762. The smallest absolute Gasteiger partial charge is 0.119 e. The lowest BCUT2D eigenvalue weighted by Gasteiger charge is -2.12. The van der Waals surface area contributed by atoms with E-state index in [1.165, 1.54) is 7.11 Å². The van der Waals surface area contributed by atoms with E-state index < -0.39 is 0 Å². The summed E-state index contributed by atoms with van der Waals surface area (Å²) < 4.78 is 10.2. The zero-order valence-corrected chi connectivity index (χ0v) is 7.60. The molecule has 0 N–H and O–H groups in total. The van der Waals surface area contributed by atoms with Crippen molar-refractivity contribution < 1.29 is 14.6 Å². The largest absolute Gasteiger partial charge is 0.491 e. The van der Waals surface area contributed by atoms with Crippen molar-refractivity contribution >= 4 is 0 Å². The normalized spacial score (nSPS) is 12.5. The van der Waals surface area contributed by atoms with Gasteiger partial charge in [-0.15, -0.1) is 0 Å². The fraction of sp³-hybridized carbons (Fsp3) is 0.400. The van der Waals surface area contributed by atoms with E-state index in [9.17, 15) is 5.11 Å². The van der Waals surface area contributed by atoms with Crippen LogP contribution in [0.15, 0.2) is 30.3 Å². The van der Waals surface area contributed by atoms with Gasteiger partial charge in [-0.2, -0.15) is 0 Å². The predicted octanol–water partition coefficient (Wildman–Crippen LogP) is 1.51. The highest BCUT2D eigenvalue weighted by Crippen LogP contribution is 2.08. The summed E-state index contributed by atoms with van der Waals surface area (Å²) in [6.07, 6.45) is -0.361. The Morgan fingerprint density at radius 2 is 2.00 bits per heavy atom. The molecule has 0 aliphatic heterocycles. The van der Waals surface area contributed by atoms with Crippen LogP contribution in [0.3, 0.4) is 0 Å². The fourth-order valence-corrected chi connectivity index (χ4v) is 0.890. The van der Waals surface area contributed by atoms with Crippen molar-refractivity contribution in [1.82, 2.24) is 0 Å². The average Bonchev–Trinajstić information content (AvgIpc) is 2.21. The molecule has 0 aromatic heterocycles. The minimum atomic E-state index is -0.361. The van der Waals surface area contributed by atoms with Crippen LogP contribution in [-0.2, 0) is 9.84 Å². The Balaban J connectivity index is 2.34. The van der Waals surface area contributed by atoms with Gasteiger partial charge in [0.1, 0.15) is 25.1 Å². The molecule has 13 heavy (non-hydrogen) atoms. The summed E-state index contributed by atoms with van der Waals surface area (Å²) in [7, 11) is 1.51. The fourth-order valence-electron chi connectivity index (χ4n) is 0.890. The van der Waals surface area contributed by atoms with Crippen molar-refractivity contribution in [1.29, 1.82) is 0 Å². The minimum Gasteiger partial charge on any atom is -0.491 e. The van der Waals surface area contributed by atoms with Gasteiger partial charge in [-0.3, -0.25) is 0 Å². The summed E-state index contributed by atoms with van der Waals surface area (Å²) in [6, 6.07) is 9.37. The van der Waals surface area contributed by atoms with Gasteiger partial charge in [0.05, 0.1) is 0 Å². The third-order valence-electron chi connectivity index (χ3n) is 1.70. The first kappa shape index (κ1) is 10.0. The van der Waals surface area contributed by atoms with Crippen LogP contribution < -0.4 is 4.74 Å². The number of rotatable bonds is 5. The van der Waals surface area contributed by atoms with Gasteiger partial charge in [-0.25, -0.2) is 5.11 Å². The van der Waals surface area contributed by atoms with E-state index in [2.05, 4.69) is 0 Å². The molecule has 1 radical (unpaired) electrons. The van der Waals surface area contributed by atoms with Crippen LogP contribution in [0.1, 0.15) is 0 Å². The maximum Gasteiger partial charge on any atom is 0.119 e. The lowest BCUT2D eigenvalue weighted by molar-refractivity contribution is -0.00606. The number of para-hydroxylation sites is 1. The minimum absolute atomic E-state index is 0.274. The van der Waals surface area contributed by atoms with Gasteiger partial charge in [0, 0.05) is 7.11 Å². The van der Waals surface area contributed by atoms with E-state index in [4.69, 9.17) is 9.47 Å². The van der Waals surface area contributed by atoms with Crippen LogP contribution in [0.5, 0.6) is 5.75 Å². The van der Waals surface area contributed by atoms with Crippen molar-refractivity contribution in [3.05, 3.63) is 30.3 Å². The predicted molar refractivity (Wildman–Crippen MR) is 48.3 cm³/mol. The van der Waals surface area contributed by atoms with E-state index in [1.54, 1.807) is 0 Å². The molecule has 0 aliphatic carbocycles. The van der Waals surface area contributed by atoms with Gasteiger partial charge < -0.3 is 9.47 Å². The Morgan fingerprint density at radius 1 is 1.31 bits per heavy atom. The first-order valence-corrected chi connectivity index (χ1v) is 4.15. The highest BCUT2D eigenvalue weighted by Gasteiger charge is 2.06. The van der Waals surface area contributed by atoms with Crippen molar-refractivity contribution in [2.45, 2.75) is 6.10 Å². The Labute approximate surface area is 77.9 Å². The molecule has 1 unspecified atom stereocenters. The second kappa shape index (κ2) is 5.56. The van der Waals surface area contributed by atoms with Gasteiger partial charge in [0.2, 0.25) is 0 Å². The van der Waals surface area contributed by atoms with Crippen LogP contribution in [0.4, 0.5) is 0 Å². The summed E-state index contributed by atoms with van der Waals surface area (Å²) in [5, 5.41) is 10.5. The Bertz CT molecular complexity index is 219. The number of ether oxygens (including phenoxy) is 2. The molecule has 0 spiro atoms. The molecule has 3 nitrogen and oxygen atoms in total. The van der Waals surface area contributed by atoms with E-state index >= 15 is 0 Å². The number of benzene rings is 1. The molecule has 0 bridgehead atoms. The van der Waals surface area contributed by atoms with Crippen molar-refractivity contribution in [2.75, 3.05) is 20.3 Å². The number of hydrogen-bond acceptors (Lipinski definition) is 2. The molecule has 1 rings (SSSR count). The molecule has 71 valence electrons. The first-order chi connectivity index (χ1) is 6.36. The molecule has 0 amide bonds. The van der Waals surface area contributed by atoms with Crippen LogP contribution in [-0.4, -0.2) is 26.4 Å². The number of hydrogen-bond donors (Lipinski definition) is 0. The molecule has 1 aromatic carbocycles. The number of methoxy groups -OCH3 is 1. The molecule has 3 heteroatoms. The summed E-state index contributed by atoms with van der Waals surface area (Å²) in [4.78, 5) is 0. The molecule has 1 aromatic rings. The molecule has 0 saturated heterocycles. The molecule has 1 atom stereocenters. The lowest BCUT2D eigenvalue weighted by Crippen LogP contribution is -2.23.